The fourth-order valence-corrected chi connectivity index (χ4v) is 2.30. The molecular formula is C8H14FN. The SMILES string of the molecule is CCN1CC2CC(F)(C2)C1. The fraction of sp³-hybridized carbons (Fsp3) is 1.00. The Morgan fingerprint density at radius 1 is 1.60 bits per heavy atom. The van der Waals surface area contributed by atoms with Crippen molar-refractivity contribution in [2.45, 2.75) is 25.4 Å². The third kappa shape index (κ3) is 0.858. The van der Waals surface area contributed by atoms with Gasteiger partial charge in [0.05, 0.1) is 0 Å². The Morgan fingerprint density at radius 3 is 2.70 bits per heavy atom. The van der Waals surface area contributed by atoms with Crippen molar-refractivity contribution >= 4 is 0 Å². The summed E-state index contributed by atoms with van der Waals surface area (Å²) >= 11 is 0. The van der Waals surface area contributed by atoms with Gasteiger partial charge in [-0.3, -0.25) is 0 Å². The van der Waals surface area contributed by atoms with Crippen molar-refractivity contribution in [2.24, 2.45) is 5.92 Å². The molecule has 10 heavy (non-hydrogen) atoms. The molecule has 0 aromatic heterocycles. The van der Waals surface area contributed by atoms with Crippen LogP contribution in [-0.4, -0.2) is 30.2 Å². The van der Waals surface area contributed by atoms with E-state index in [-0.39, 0.29) is 0 Å². The lowest BCUT2D eigenvalue weighted by Gasteiger charge is -2.51. The van der Waals surface area contributed by atoms with Crippen LogP contribution in [0.1, 0.15) is 19.8 Å². The molecule has 58 valence electrons. The zero-order chi connectivity index (χ0) is 7.19. The van der Waals surface area contributed by atoms with Crippen LogP contribution in [0.15, 0.2) is 0 Å². The topological polar surface area (TPSA) is 3.24 Å². The van der Waals surface area contributed by atoms with Crippen molar-refractivity contribution in [3.8, 4) is 0 Å². The van der Waals surface area contributed by atoms with Crippen molar-refractivity contribution in [1.82, 2.24) is 4.90 Å². The Labute approximate surface area is 61.2 Å². The Bertz CT molecular complexity index is 140. The molecule has 1 saturated carbocycles. The molecule has 0 N–H and O–H groups in total. The molecule has 3 rings (SSSR count). The lowest BCUT2D eigenvalue weighted by Crippen LogP contribution is -2.58. The van der Waals surface area contributed by atoms with Gasteiger partial charge < -0.3 is 4.90 Å². The molecule has 1 nitrogen and oxygen atoms in total. The van der Waals surface area contributed by atoms with E-state index in [1.165, 1.54) is 0 Å². The van der Waals surface area contributed by atoms with Crippen LogP contribution in [0.25, 0.3) is 0 Å². The lowest BCUT2D eigenvalue weighted by molar-refractivity contribution is -0.0816. The summed E-state index contributed by atoms with van der Waals surface area (Å²) in [6, 6.07) is 0. The van der Waals surface area contributed by atoms with Crippen molar-refractivity contribution in [3.63, 3.8) is 0 Å². The van der Waals surface area contributed by atoms with E-state index in [9.17, 15) is 4.39 Å². The summed E-state index contributed by atoms with van der Waals surface area (Å²) in [5.41, 5.74) is -0.779. The Kier molecular flexibility index (Phi) is 1.28. The van der Waals surface area contributed by atoms with Crippen molar-refractivity contribution in [3.05, 3.63) is 0 Å². The summed E-state index contributed by atoms with van der Waals surface area (Å²) in [5, 5.41) is 0. The van der Waals surface area contributed by atoms with Gasteiger partial charge in [-0.1, -0.05) is 6.92 Å². The van der Waals surface area contributed by atoms with E-state index in [0.717, 1.165) is 25.9 Å². The van der Waals surface area contributed by atoms with Crippen molar-refractivity contribution < 1.29 is 4.39 Å². The van der Waals surface area contributed by atoms with Crippen LogP contribution in [0.4, 0.5) is 4.39 Å². The van der Waals surface area contributed by atoms with E-state index >= 15 is 0 Å². The van der Waals surface area contributed by atoms with E-state index in [1.54, 1.807) is 0 Å². The highest BCUT2D eigenvalue weighted by molar-refractivity contribution is 5.02. The highest BCUT2D eigenvalue weighted by Crippen LogP contribution is 2.45. The molecule has 0 radical (unpaired) electrons. The molecule has 0 unspecified atom stereocenters. The molecule has 2 aliphatic heterocycles. The van der Waals surface area contributed by atoms with Crippen LogP contribution >= 0.6 is 0 Å². The molecule has 1 aliphatic carbocycles. The largest absolute Gasteiger partial charge is 0.300 e. The van der Waals surface area contributed by atoms with Crippen LogP contribution < -0.4 is 0 Å². The van der Waals surface area contributed by atoms with Gasteiger partial charge in [-0.15, -0.1) is 0 Å². The normalized spacial score (nSPS) is 46.8. The van der Waals surface area contributed by atoms with Gasteiger partial charge in [0.25, 0.3) is 0 Å². The third-order valence-electron chi connectivity index (χ3n) is 2.78. The minimum atomic E-state index is -0.779. The summed E-state index contributed by atoms with van der Waals surface area (Å²) in [6.45, 7) is 4.96. The maximum Gasteiger partial charge on any atom is 0.124 e. The highest BCUT2D eigenvalue weighted by Gasteiger charge is 2.49. The van der Waals surface area contributed by atoms with Gasteiger partial charge in [0, 0.05) is 13.1 Å². The van der Waals surface area contributed by atoms with E-state index in [1.807, 2.05) is 0 Å². The fourth-order valence-electron chi connectivity index (χ4n) is 2.30. The minimum Gasteiger partial charge on any atom is -0.300 e. The predicted molar refractivity (Wildman–Crippen MR) is 38.7 cm³/mol. The molecule has 0 aromatic rings. The number of fused-ring (bicyclic) bond motifs is 2. The van der Waals surface area contributed by atoms with E-state index in [4.69, 9.17) is 0 Å². The third-order valence-corrected chi connectivity index (χ3v) is 2.78. The first-order valence-electron chi connectivity index (χ1n) is 4.13. The smallest absolute Gasteiger partial charge is 0.124 e. The zero-order valence-corrected chi connectivity index (χ0v) is 6.44. The highest BCUT2D eigenvalue weighted by atomic mass is 19.1. The second-order valence-electron chi connectivity index (χ2n) is 3.75. The second-order valence-corrected chi connectivity index (χ2v) is 3.75. The van der Waals surface area contributed by atoms with Crippen LogP contribution in [-0.2, 0) is 0 Å². The predicted octanol–water partition coefficient (Wildman–Crippen LogP) is 1.44. The summed E-state index contributed by atoms with van der Waals surface area (Å²) in [6.07, 6.45) is 1.67. The first kappa shape index (κ1) is 6.59. The van der Waals surface area contributed by atoms with Crippen molar-refractivity contribution in [1.29, 1.82) is 0 Å². The molecule has 0 atom stereocenters. The Hall–Kier alpha value is -0.110. The number of halogens is 1. The minimum absolute atomic E-state index is 0.679. The van der Waals surface area contributed by atoms with Crippen LogP contribution in [0, 0.1) is 5.92 Å². The van der Waals surface area contributed by atoms with Crippen LogP contribution in [0.2, 0.25) is 0 Å². The molecule has 0 amide bonds. The summed E-state index contributed by atoms with van der Waals surface area (Å²) in [5.74, 6) is 0.679. The lowest BCUT2D eigenvalue weighted by atomic mass is 9.68. The summed E-state index contributed by atoms with van der Waals surface area (Å²) < 4.78 is 13.3. The molecule has 0 spiro atoms. The maximum absolute atomic E-state index is 13.3. The van der Waals surface area contributed by atoms with Gasteiger partial charge >= 0.3 is 0 Å². The van der Waals surface area contributed by atoms with E-state index in [2.05, 4.69) is 11.8 Å². The first-order chi connectivity index (χ1) is 4.72. The molecule has 3 fully saturated rings. The monoisotopic (exact) mass is 143 g/mol. The first-order valence-corrected chi connectivity index (χ1v) is 4.13. The number of rotatable bonds is 1. The summed E-state index contributed by atoms with van der Waals surface area (Å²) in [4.78, 5) is 2.22. The van der Waals surface area contributed by atoms with Gasteiger partial charge in [0.2, 0.25) is 0 Å². The Balaban J connectivity index is 1.98. The van der Waals surface area contributed by atoms with Gasteiger partial charge in [-0.05, 0) is 25.3 Å². The maximum atomic E-state index is 13.3. The van der Waals surface area contributed by atoms with Crippen LogP contribution in [0.5, 0.6) is 0 Å². The van der Waals surface area contributed by atoms with Crippen molar-refractivity contribution in [2.75, 3.05) is 19.6 Å². The van der Waals surface area contributed by atoms with Crippen LogP contribution in [0.3, 0.4) is 0 Å². The molecule has 3 aliphatic rings. The van der Waals surface area contributed by atoms with E-state index in [0.29, 0.717) is 12.5 Å². The average Bonchev–Trinajstić information content (AvgIpc) is 1.85. The Morgan fingerprint density at radius 2 is 2.30 bits per heavy atom. The number of nitrogens with zero attached hydrogens (tertiary/aromatic N) is 1. The molecule has 2 bridgehead atoms. The molecular weight excluding hydrogens is 129 g/mol. The van der Waals surface area contributed by atoms with Gasteiger partial charge in [-0.25, -0.2) is 4.39 Å². The zero-order valence-electron chi connectivity index (χ0n) is 6.44. The molecule has 0 aromatic carbocycles. The number of hydrogen-bond acceptors (Lipinski definition) is 1. The molecule has 2 saturated heterocycles. The van der Waals surface area contributed by atoms with E-state index < -0.39 is 5.67 Å². The van der Waals surface area contributed by atoms with Gasteiger partial charge in [-0.2, -0.15) is 0 Å². The van der Waals surface area contributed by atoms with Gasteiger partial charge in [0.15, 0.2) is 0 Å². The quantitative estimate of drug-likeness (QED) is 0.537. The summed E-state index contributed by atoms with van der Waals surface area (Å²) in [7, 11) is 0. The second kappa shape index (κ2) is 1.94. The number of piperidine rings is 2. The van der Waals surface area contributed by atoms with Gasteiger partial charge in [0.1, 0.15) is 5.67 Å². The number of hydrogen-bond donors (Lipinski definition) is 0. The standard InChI is InChI=1S/C8H14FN/c1-2-10-5-7-3-8(9,4-7)6-10/h7H,2-6H2,1H3. The number of alkyl halides is 1. The molecule has 2 heteroatoms. The molecule has 2 heterocycles. The average molecular weight is 143 g/mol.